The molecular formula is C20H18N4OS. The largest absolute Gasteiger partial charge is 0.506 e. The SMILES string of the molecule is Cc1nc(Nc2nnc(-c3cccc4ccccc34)s2)c(C)c(C)c1O. The van der Waals surface area contributed by atoms with Crippen LogP contribution in [-0.2, 0) is 0 Å². The lowest BCUT2D eigenvalue weighted by Crippen LogP contribution is -2.00. The van der Waals surface area contributed by atoms with E-state index >= 15 is 0 Å². The van der Waals surface area contributed by atoms with Crippen molar-refractivity contribution in [3.05, 3.63) is 59.3 Å². The van der Waals surface area contributed by atoms with E-state index in [1.807, 2.05) is 32.0 Å². The summed E-state index contributed by atoms with van der Waals surface area (Å²) >= 11 is 1.48. The lowest BCUT2D eigenvalue weighted by atomic mass is 10.1. The van der Waals surface area contributed by atoms with Gasteiger partial charge in [0.25, 0.3) is 0 Å². The minimum absolute atomic E-state index is 0.238. The highest BCUT2D eigenvalue weighted by molar-refractivity contribution is 7.18. The molecule has 0 radical (unpaired) electrons. The van der Waals surface area contributed by atoms with Crippen LogP contribution in [0.3, 0.4) is 0 Å². The summed E-state index contributed by atoms with van der Waals surface area (Å²) in [5, 5.41) is 25.7. The third-order valence-corrected chi connectivity index (χ3v) is 5.44. The Morgan fingerprint density at radius 3 is 2.54 bits per heavy atom. The predicted molar refractivity (Wildman–Crippen MR) is 106 cm³/mol. The molecule has 0 amide bonds. The van der Waals surface area contributed by atoms with Gasteiger partial charge in [-0.2, -0.15) is 0 Å². The molecule has 0 unspecified atom stereocenters. The average Bonchev–Trinajstić information content (AvgIpc) is 3.12. The fourth-order valence-corrected chi connectivity index (χ4v) is 3.73. The van der Waals surface area contributed by atoms with E-state index in [0.29, 0.717) is 16.6 Å². The fraction of sp³-hybridized carbons (Fsp3) is 0.150. The predicted octanol–water partition coefficient (Wildman–Crippen LogP) is 5.13. The Kier molecular flexibility index (Phi) is 4.05. The van der Waals surface area contributed by atoms with Crippen LogP contribution in [-0.4, -0.2) is 20.3 Å². The van der Waals surface area contributed by atoms with Gasteiger partial charge in [0.2, 0.25) is 5.13 Å². The number of fused-ring (bicyclic) bond motifs is 1. The van der Waals surface area contributed by atoms with Gasteiger partial charge in [-0.3, -0.25) is 0 Å². The Hall–Kier alpha value is -2.99. The van der Waals surface area contributed by atoms with Crippen LogP contribution in [0.5, 0.6) is 5.75 Å². The van der Waals surface area contributed by atoms with Gasteiger partial charge >= 0.3 is 0 Å². The zero-order valence-corrected chi connectivity index (χ0v) is 15.6. The maximum Gasteiger partial charge on any atom is 0.211 e. The van der Waals surface area contributed by atoms with Crippen molar-refractivity contribution in [2.24, 2.45) is 0 Å². The molecule has 5 nitrogen and oxygen atoms in total. The number of hydrogen-bond donors (Lipinski definition) is 2. The minimum atomic E-state index is 0.238. The molecule has 2 aromatic carbocycles. The Bertz CT molecular complexity index is 1110. The second-order valence-corrected chi connectivity index (χ2v) is 7.19. The monoisotopic (exact) mass is 362 g/mol. The molecule has 0 aliphatic rings. The van der Waals surface area contributed by atoms with Crippen molar-refractivity contribution in [2.45, 2.75) is 20.8 Å². The van der Waals surface area contributed by atoms with Gasteiger partial charge < -0.3 is 10.4 Å². The van der Waals surface area contributed by atoms with Gasteiger partial charge in [-0.15, -0.1) is 10.2 Å². The first kappa shape index (κ1) is 16.5. The van der Waals surface area contributed by atoms with E-state index in [9.17, 15) is 5.11 Å². The summed E-state index contributed by atoms with van der Waals surface area (Å²) in [5.74, 6) is 0.931. The summed E-state index contributed by atoms with van der Waals surface area (Å²) in [4.78, 5) is 4.44. The number of nitrogens with one attached hydrogen (secondary N) is 1. The van der Waals surface area contributed by atoms with Gasteiger partial charge in [0, 0.05) is 5.56 Å². The second-order valence-electron chi connectivity index (χ2n) is 6.21. The summed E-state index contributed by atoms with van der Waals surface area (Å²) < 4.78 is 0. The van der Waals surface area contributed by atoms with Crippen LogP contribution in [0, 0.1) is 20.8 Å². The number of nitrogens with zero attached hydrogens (tertiary/aromatic N) is 3. The van der Waals surface area contributed by atoms with Gasteiger partial charge in [0.15, 0.2) is 0 Å². The smallest absolute Gasteiger partial charge is 0.211 e. The molecule has 0 bridgehead atoms. The van der Waals surface area contributed by atoms with Crippen molar-refractivity contribution in [1.82, 2.24) is 15.2 Å². The molecule has 130 valence electrons. The lowest BCUT2D eigenvalue weighted by molar-refractivity contribution is 0.463. The van der Waals surface area contributed by atoms with Crippen LogP contribution >= 0.6 is 11.3 Å². The number of aromatic hydroxyl groups is 1. The average molecular weight is 362 g/mol. The molecule has 2 heterocycles. The van der Waals surface area contributed by atoms with Gasteiger partial charge in [-0.1, -0.05) is 53.8 Å². The molecule has 2 aromatic heterocycles. The van der Waals surface area contributed by atoms with E-state index in [2.05, 4.69) is 44.8 Å². The minimum Gasteiger partial charge on any atom is -0.506 e. The van der Waals surface area contributed by atoms with E-state index in [1.54, 1.807) is 6.92 Å². The summed E-state index contributed by atoms with van der Waals surface area (Å²) in [6.45, 7) is 5.59. The van der Waals surface area contributed by atoms with Crippen LogP contribution in [0.2, 0.25) is 0 Å². The Morgan fingerprint density at radius 2 is 1.69 bits per heavy atom. The molecule has 26 heavy (non-hydrogen) atoms. The van der Waals surface area contributed by atoms with Gasteiger partial charge in [0.05, 0.1) is 5.69 Å². The Morgan fingerprint density at radius 1 is 0.923 bits per heavy atom. The first-order valence-corrected chi connectivity index (χ1v) is 9.11. The number of hydrogen-bond acceptors (Lipinski definition) is 6. The van der Waals surface area contributed by atoms with Crippen molar-refractivity contribution >= 4 is 33.1 Å². The van der Waals surface area contributed by atoms with Gasteiger partial charge in [-0.05, 0) is 42.7 Å². The van der Waals surface area contributed by atoms with Crippen LogP contribution in [0.1, 0.15) is 16.8 Å². The number of benzene rings is 2. The summed E-state index contributed by atoms with van der Waals surface area (Å²) in [6.07, 6.45) is 0. The van der Waals surface area contributed by atoms with Crippen molar-refractivity contribution in [1.29, 1.82) is 0 Å². The number of rotatable bonds is 3. The number of pyridine rings is 1. The van der Waals surface area contributed by atoms with Gasteiger partial charge in [-0.25, -0.2) is 4.98 Å². The maximum atomic E-state index is 10.0. The first-order valence-electron chi connectivity index (χ1n) is 8.30. The standard InChI is InChI=1S/C20H18N4OS/c1-11-12(2)18(21-13(3)17(11)25)22-20-24-23-19(26-20)16-10-6-8-14-7-4-5-9-15(14)16/h4-10,25H,1-3H3,(H,21,22,24). The lowest BCUT2D eigenvalue weighted by Gasteiger charge is -2.11. The third-order valence-electron chi connectivity index (χ3n) is 4.57. The van der Waals surface area contributed by atoms with Crippen molar-refractivity contribution in [2.75, 3.05) is 5.32 Å². The number of aryl methyl sites for hydroxylation is 1. The van der Waals surface area contributed by atoms with Crippen LogP contribution < -0.4 is 5.32 Å². The molecule has 0 saturated carbocycles. The molecule has 4 rings (SSSR count). The molecule has 0 atom stereocenters. The van der Waals surface area contributed by atoms with E-state index in [0.717, 1.165) is 27.1 Å². The summed E-state index contributed by atoms with van der Waals surface area (Å²) in [7, 11) is 0. The van der Waals surface area contributed by atoms with Crippen molar-refractivity contribution < 1.29 is 5.11 Å². The zero-order chi connectivity index (χ0) is 18.3. The highest BCUT2D eigenvalue weighted by atomic mass is 32.1. The van der Waals surface area contributed by atoms with Gasteiger partial charge in [0.1, 0.15) is 16.6 Å². The molecule has 0 aliphatic heterocycles. The van der Waals surface area contributed by atoms with Crippen LogP contribution in [0.4, 0.5) is 10.9 Å². The molecule has 0 saturated heterocycles. The van der Waals surface area contributed by atoms with E-state index in [4.69, 9.17) is 0 Å². The highest BCUT2D eigenvalue weighted by Crippen LogP contribution is 2.34. The van der Waals surface area contributed by atoms with E-state index in [-0.39, 0.29) is 5.75 Å². The van der Waals surface area contributed by atoms with Crippen molar-refractivity contribution in [3.8, 4) is 16.3 Å². The molecule has 0 spiro atoms. The first-order chi connectivity index (χ1) is 12.5. The number of aromatic nitrogens is 3. The van der Waals surface area contributed by atoms with Crippen molar-refractivity contribution in [3.63, 3.8) is 0 Å². The van der Waals surface area contributed by atoms with E-state index < -0.39 is 0 Å². The quantitative estimate of drug-likeness (QED) is 0.529. The second kappa shape index (κ2) is 6.38. The van der Waals surface area contributed by atoms with Crippen LogP contribution in [0.25, 0.3) is 21.3 Å². The topological polar surface area (TPSA) is 70.9 Å². The Balaban J connectivity index is 1.71. The zero-order valence-electron chi connectivity index (χ0n) is 14.7. The molecule has 0 fully saturated rings. The summed E-state index contributed by atoms with van der Waals surface area (Å²) in [5.41, 5.74) is 3.37. The Labute approximate surface area is 155 Å². The van der Waals surface area contributed by atoms with E-state index in [1.165, 1.54) is 16.7 Å². The van der Waals surface area contributed by atoms with Crippen LogP contribution in [0.15, 0.2) is 42.5 Å². The normalized spacial score (nSPS) is 11.0. The summed E-state index contributed by atoms with van der Waals surface area (Å²) in [6, 6.07) is 14.4. The number of anilines is 2. The molecule has 0 aliphatic carbocycles. The molecule has 6 heteroatoms. The molecular weight excluding hydrogens is 344 g/mol. The fourth-order valence-electron chi connectivity index (χ4n) is 2.95. The molecule has 2 N–H and O–H groups in total. The third kappa shape index (κ3) is 2.78. The molecule has 4 aromatic rings. The maximum absolute atomic E-state index is 10.0. The highest BCUT2D eigenvalue weighted by Gasteiger charge is 2.14.